The van der Waals surface area contributed by atoms with Gasteiger partial charge in [0.05, 0.1) is 0 Å². The van der Waals surface area contributed by atoms with Crippen LogP contribution in [0.3, 0.4) is 0 Å². The van der Waals surface area contributed by atoms with Crippen molar-refractivity contribution < 1.29 is 0 Å². The first-order chi connectivity index (χ1) is 11.2. The van der Waals surface area contributed by atoms with E-state index in [4.69, 9.17) is 0 Å². The minimum atomic E-state index is 0.0394. The molecule has 7 nitrogen and oxygen atoms in total. The Morgan fingerprint density at radius 3 is 2.83 bits per heavy atom. The summed E-state index contributed by atoms with van der Waals surface area (Å²) in [6, 6.07) is 2.24. The van der Waals surface area contributed by atoms with Gasteiger partial charge in [-0.05, 0) is 26.3 Å². The highest BCUT2D eigenvalue weighted by atomic mass is 16.1. The minimum Gasteiger partial charge on any atom is -0.304 e. The number of H-pyrrole nitrogens is 1. The highest BCUT2D eigenvalue weighted by Gasteiger charge is 2.29. The Hall–Kier alpha value is -1.99. The number of likely N-dealkylation sites (N-methyl/N-ethyl adjacent to an activating group) is 1. The van der Waals surface area contributed by atoms with Gasteiger partial charge in [-0.15, -0.1) is 0 Å². The molecule has 23 heavy (non-hydrogen) atoms. The molecule has 1 fully saturated rings. The molecular weight excluding hydrogens is 292 g/mol. The highest BCUT2D eigenvalue weighted by Crippen LogP contribution is 2.22. The average Bonchev–Trinajstić information content (AvgIpc) is 2.93. The van der Waals surface area contributed by atoms with Crippen LogP contribution >= 0.6 is 0 Å². The highest BCUT2D eigenvalue weighted by molar-refractivity contribution is 5.28. The maximum absolute atomic E-state index is 12.7. The number of aryl methyl sites for hydroxylation is 1. The summed E-state index contributed by atoms with van der Waals surface area (Å²) in [5.41, 5.74) is 2.04. The number of piperazine rings is 1. The summed E-state index contributed by atoms with van der Waals surface area (Å²) in [7, 11) is 2.17. The molecule has 1 N–H and O–H groups in total. The van der Waals surface area contributed by atoms with E-state index in [0.29, 0.717) is 11.9 Å². The summed E-state index contributed by atoms with van der Waals surface area (Å²) in [6.45, 7) is 4.42. The third kappa shape index (κ3) is 2.70. The maximum Gasteiger partial charge on any atom is 0.276 e. The number of hydrogen-bond acceptors (Lipinski definition) is 5. The normalized spacial score (nSPS) is 22.9. The van der Waals surface area contributed by atoms with Gasteiger partial charge in [0, 0.05) is 55.7 Å². The molecule has 1 aliphatic heterocycles. The molecule has 1 saturated heterocycles. The monoisotopic (exact) mass is 314 g/mol. The van der Waals surface area contributed by atoms with Crippen LogP contribution in [0, 0.1) is 0 Å². The predicted octanol–water partition coefficient (Wildman–Crippen LogP) is 0.0603. The van der Waals surface area contributed by atoms with E-state index in [-0.39, 0.29) is 5.56 Å². The fourth-order valence-electron chi connectivity index (χ4n) is 3.66. The van der Waals surface area contributed by atoms with Crippen LogP contribution in [-0.2, 0) is 12.8 Å². The van der Waals surface area contributed by atoms with E-state index in [0.717, 1.165) is 56.7 Å². The Balaban J connectivity index is 1.58. The zero-order chi connectivity index (χ0) is 15.8. The summed E-state index contributed by atoms with van der Waals surface area (Å²) >= 11 is 0. The van der Waals surface area contributed by atoms with Crippen molar-refractivity contribution in [1.29, 1.82) is 0 Å². The number of rotatable bonds is 2. The lowest BCUT2D eigenvalue weighted by Crippen LogP contribution is -2.50. The number of fused-ring (bicyclic) bond motifs is 1. The van der Waals surface area contributed by atoms with Crippen molar-refractivity contribution in [3.8, 4) is 5.82 Å². The van der Waals surface area contributed by atoms with Crippen molar-refractivity contribution in [3.05, 3.63) is 40.2 Å². The van der Waals surface area contributed by atoms with Gasteiger partial charge in [-0.2, -0.15) is 0 Å². The second-order valence-electron chi connectivity index (χ2n) is 6.51. The molecule has 2 aromatic rings. The first-order valence-electron chi connectivity index (χ1n) is 8.24. The van der Waals surface area contributed by atoms with E-state index >= 15 is 0 Å². The molecule has 0 radical (unpaired) electrons. The van der Waals surface area contributed by atoms with Crippen LogP contribution in [0.1, 0.15) is 17.7 Å². The second-order valence-corrected chi connectivity index (χ2v) is 6.51. The average molecular weight is 314 g/mol. The molecule has 0 bridgehead atoms. The summed E-state index contributed by atoms with van der Waals surface area (Å²) in [6.07, 6.45) is 6.00. The summed E-state index contributed by atoms with van der Waals surface area (Å²) < 4.78 is 1.55. The molecule has 4 rings (SSSR count). The lowest BCUT2D eigenvalue weighted by atomic mass is 9.92. The third-order valence-electron chi connectivity index (χ3n) is 5.09. The molecule has 2 aromatic heterocycles. The number of hydrogen-bond donors (Lipinski definition) is 1. The Bertz CT molecular complexity index is 729. The van der Waals surface area contributed by atoms with Crippen molar-refractivity contribution in [2.75, 3.05) is 33.2 Å². The zero-order valence-corrected chi connectivity index (χ0v) is 13.4. The molecule has 3 heterocycles. The van der Waals surface area contributed by atoms with Crippen LogP contribution in [-0.4, -0.2) is 68.8 Å². The molecule has 7 heteroatoms. The molecule has 0 saturated carbocycles. The SMILES string of the molecule is CN1CCN(C2CCc3[nH]n(-c4ccncn4)c(=O)c3C2)CC1. The van der Waals surface area contributed by atoms with Crippen LogP contribution in [0.5, 0.6) is 0 Å². The molecular formula is C16H22N6O. The smallest absolute Gasteiger partial charge is 0.276 e. The molecule has 2 aliphatic rings. The van der Waals surface area contributed by atoms with E-state index in [1.807, 2.05) is 0 Å². The van der Waals surface area contributed by atoms with Gasteiger partial charge in [0.1, 0.15) is 6.33 Å². The van der Waals surface area contributed by atoms with Gasteiger partial charge < -0.3 is 4.90 Å². The van der Waals surface area contributed by atoms with Crippen LogP contribution in [0.15, 0.2) is 23.4 Å². The van der Waals surface area contributed by atoms with E-state index in [9.17, 15) is 4.79 Å². The number of nitrogens with zero attached hydrogens (tertiary/aromatic N) is 5. The van der Waals surface area contributed by atoms with Crippen molar-refractivity contribution in [3.63, 3.8) is 0 Å². The molecule has 122 valence electrons. The van der Waals surface area contributed by atoms with Crippen molar-refractivity contribution in [2.24, 2.45) is 0 Å². The molecule has 1 atom stereocenters. The Morgan fingerprint density at radius 1 is 1.26 bits per heavy atom. The number of aromatic amines is 1. The van der Waals surface area contributed by atoms with Crippen LogP contribution in [0.25, 0.3) is 5.82 Å². The van der Waals surface area contributed by atoms with Crippen LogP contribution in [0.4, 0.5) is 0 Å². The fraction of sp³-hybridized carbons (Fsp3) is 0.562. The first kappa shape index (κ1) is 14.6. The zero-order valence-electron chi connectivity index (χ0n) is 13.4. The number of aromatic nitrogens is 4. The lowest BCUT2D eigenvalue weighted by Gasteiger charge is -2.39. The van der Waals surface area contributed by atoms with Crippen molar-refractivity contribution >= 4 is 0 Å². The summed E-state index contributed by atoms with van der Waals surface area (Å²) in [5.74, 6) is 0.607. The summed E-state index contributed by atoms with van der Waals surface area (Å²) in [5, 5.41) is 3.24. The van der Waals surface area contributed by atoms with E-state index < -0.39 is 0 Å². The molecule has 1 aliphatic carbocycles. The van der Waals surface area contributed by atoms with Gasteiger partial charge in [-0.1, -0.05) is 0 Å². The van der Waals surface area contributed by atoms with Gasteiger partial charge in [0.15, 0.2) is 5.82 Å². The van der Waals surface area contributed by atoms with E-state index in [1.54, 1.807) is 16.9 Å². The van der Waals surface area contributed by atoms with Crippen LogP contribution in [0.2, 0.25) is 0 Å². The largest absolute Gasteiger partial charge is 0.304 e. The van der Waals surface area contributed by atoms with Gasteiger partial charge >= 0.3 is 0 Å². The van der Waals surface area contributed by atoms with Gasteiger partial charge in [-0.25, -0.2) is 14.6 Å². The maximum atomic E-state index is 12.7. The van der Waals surface area contributed by atoms with Crippen LogP contribution < -0.4 is 5.56 Å². The van der Waals surface area contributed by atoms with E-state index in [2.05, 4.69) is 31.9 Å². The minimum absolute atomic E-state index is 0.0394. The second kappa shape index (κ2) is 5.90. The topological polar surface area (TPSA) is 70.1 Å². The standard InChI is InChI=1S/C16H22N6O/c1-20-6-8-21(9-7-20)12-2-3-14-13(10-12)16(23)22(19-14)15-4-5-17-11-18-15/h4-5,11-12,19H,2-3,6-10H2,1H3. The quantitative estimate of drug-likeness (QED) is 0.849. The Morgan fingerprint density at radius 2 is 2.09 bits per heavy atom. The molecule has 0 aromatic carbocycles. The number of nitrogens with one attached hydrogen (secondary N) is 1. The Kier molecular flexibility index (Phi) is 3.74. The molecule has 0 spiro atoms. The van der Waals surface area contributed by atoms with Gasteiger partial charge in [-0.3, -0.25) is 14.8 Å². The van der Waals surface area contributed by atoms with Gasteiger partial charge in [0.25, 0.3) is 5.56 Å². The fourth-order valence-corrected chi connectivity index (χ4v) is 3.66. The van der Waals surface area contributed by atoms with Crippen molar-refractivity contribution in [2.45, 2.75) is 25.3 Å². The van der Waals surface area contributed by atoms with Gasteiger partial charge in [0.2, 0.25) is 0 Å². The molecule has 0 amide bonds. The first-order valence-corrected chi connectivity index (χ1v) is 8.24. The van der Waals surface area contributed by atoms with Crippen molar-refractivity contribution in [1.82, 2.24) is 29.5 Å². The van der Waals surface area contributed by atoms with E-state index in [1.165, 1.54) is 6.33 Å². The summed E-state index contributed by atoms with van der Waals surface area (Å²) in [4.78, 5) is 25.7. The lowest BCUT2D eigenvalue weighted by molar-refractivity contribution is 0.103. The Labute approximate surface area is 134 Å². The third-order valence-corrected chi connectivity index (χ3v) is 5.09. The molecule has 1 unspecified atom stereocenters. The predicted molar refractivity (Wildman–Crippen MR) is 86.9 cm³/mol.